The van der Waals surface area contributed by atoms with Crippen LogP contribution in [0.2, 0.25) is 0 Å². The van der Waals surface area contributed by atoms with Crippen molar-refractivity contribution in [2.75, 3.05) is 6.54 Å². The van der Waals surface area contributed by atoms with E-state index in [1.807, 2.05) is 0 Å². The first-order valence-corrected chi connectivity index (χ1v) is 7.98. The third-order valence-corrected chi connectivity index (χ3v) is 3.94. The average molecular weight is 280 g/mol. The number of rotatable bonds is 8. The Morgan fingerprint density at radius 2 is 1.48 bits per heavy atom. The van der Waals surface area contributed by atoms with Gasteiger partial charge < -0.3 is 5.32 Å². The minimum atomic E-state index is 0.360. The summed E-state index contributed by atoms with van der Waals surface area (Å²) < 4.78 is 0. The molecule has 0 aliphatic carbocycles. The Bertz CT molecular complexity index is 492. The third kappa shape index (κ3) is 5.02. The van der Waals surface area contributed by atoms with Crippen LogP contribution in [0.15, 0.2) is 60.7 Å². The quantitative estimate of drug-likeness (QED) is 0.707. The molecular formula is C20H26N. The molecule has 0 aliphatic rings. The molecule has 0 spiro atoms. The van der Waals surface area contributed by atoms with Gasteiger partial charge in [-0.25, -0.2) is 0 Å². The van der Waals surface area contributed by atoms with Gasteiger partial charge >= 0.3 is 0 Å². The summed E-state index contributed by atoms with van der Waals surface area (Å²) in [6.45, 7) is 5.54. The maximum absolute atomic E-state index is 3.68. The molecule has 0 aliphatic heterocycles. The summed E-state index contributed by atoms with van der Waals surface area (Å²) in [4.78, 5) is 0. The minimum Gasteiger partial charge on any atom is -0.310 e. The highest BCUT2D eigenvalue weighted by Gasteiger charge is 2.11. The van der Waals surface area contributed by atoms with Crippen molar-refractivity contribution in [1.82, 2.24) is 5.32 Å². The average Bonchev–Trinajstić information content (AvgIpc) is 2.55. The van der Waals surface area contributed by atoms with Crippen LogP contribution in [0.25, 0.3) is 0 Å². The Morgan fingerprint density at radius 3 is 2.05 bits per heavy atom. The standard InChI is InChI=1S/C20H26N/c1-3-10-20(19-13-8-5-9-14-19)21-16-15-17(2)18-11-6-4-7-12-18/h4-14,17,20-21H,3,15-16H2,1-2H3. The molecule has 0 heterocycles. The van der Waals surface area contributed by atoms with Crippen LogP contribution in [0.5, 0.6) is 0 Å². The topological polar surface area (TPSA) is 12.0 Å². The number of hydrogen-bond donors (Lipinski definition) is 1. The molecule has 1 N–H and O–H groups in total. The molecule has 2 atom stereocenters. The smallest absolute Gasteiger partial charge is 0.0351 e. The zero-order chi connectivity index (χ0) is 14.9. The van der Waals surface area contributed by atoms with Gasteiger partial charge in [-0.3, -0.25) is 0 Å². The predicted octanol–water partition coefficient (Wildman–Crippen LogP) is 5.13. The lowest BCUT2D eigenvalue weighted by atomic mass is 9.97. The minimum absolute atomic E-state index is 0.360. The van der Waals surface area contributed by atoms with Crippen LogP contribution in [0.1, 0.15) is 49.8 Å². The summed E-state index contributed by atoms with van der Waals surface area (Å²) in [7, 11) is 0. The van der Waals surface area contributed by atoms with Crippen molar-refractivity contribution < 1.29 is 0 Å². The molecule has 2 aromatic carbocycles. The van der Waals surface area contributed by atoms with Gasteiger partial charge in [0.15, 0.2) is 0 Å². The van der Waals surface area contributed by atoms with E-state index in [0.717, 1.165) is 19.4 Å². The van der Waals surface area contributed by atoms with Crippen LogP contribution >= 0.6 is 0 Å². The van der Waals surface area contributed by atoms with E-state index in [-0.39, 0.29) is 0 Å². The van der Waals surface area contributed by atoms with Gasteiger partial charge in [0.25, 0.3) is 0 Å². The lowest BCUT2D eigenvalue weighted by Gasteiger charge is -2.20. The van der Waals surface area contributed by atoms with Gasteiger partial charge in [-0.05, 0) is 36.4 Å². The molecule has 1 radical (unpaired) electrons. The fourth-order valence-corrected chi connectivity index (χ4v) is 2.64. The molecule has 0 amide bonds. The van der Waals surface area contributed by atoms with E-state index in [1.54, 1.807) is 0 Å². The molecule has 0 aromatic heterocycles. The second kappa shape index (κ2) is 8.63. The Labute approximate surface area is 129 Å². The van der Waals surface area contributed by atoms with Crippen molar-refractivity contribution in [1.29, 1.82) is 0 Å². The van der Waals surface area contributed by atoms with Crippen LogP contribution < -0.4 is 5.32 Å². The van der Waals surface area contributed by atoms with Crippen LogP contribution in [-0.4, -0.2) is 6.54 Å². The lowest BCUT2D eigenvalue weighted by Crippen LogP contribution is -2.23. The van der Waals surface area contributed by atoms with E-state index >= 15 is 0 Å². The first-order chi connectivity index (χ1) is 10.3. The highest BCUT2D eigenvalue weighted by molar-refractivity contribution is 5.22. The fourth-order valence-electron chi connectivity index (χ4n) is 2.64. The molecule has 2 aromatic rings. The maximum Gasteiger partial charge on any atom is 0.0351 e. The van der Waals surface area contributed by atoms with Gasteiger partial charge in [-0.15, -0.1) is 0 Å². The number of hydrogen-bond acceptors (Lipinski definition) is 1. The fraction of sp³-hybridized carbons (Fsp3) is 0.350. The summed E-state index contributed by atoms with van der Waals surface area (Å²) in [5, 5.41) is 3.68. The first-order valence-electron chi connectivity index (χ1n) is 7.98. The van der Waals surface area contributed by atoms with Gasteiger partial charge in [0, 0.05) is 6.04 Å². The third-order valence-electron chi connectivity index (χ3n) is 3.94. The Balaban J connectivity index is 1.85. The lowest BCUT2D eigenvalue weighted by molar-refractivity contribution is 0.534. The normalized spacial score (nSPS) is 13.8. The van der Waals surface area contributed by atoms with E-state index in [4.69, 9.17) is 0 Å². The van der Waals surface area contributed by atoms with Crippen molar-refractivity contribution in [2.45, 2.75) is 38.6 Å². The Morgan fingerprint density at radius 1 is 0.905 bits per heavy atom. The molecule has 0 bridgehead atoms. The van der Waals surface area contributed by atoms with E-state index < -0.39 is 0 Å². The molecule has 21 heavy (non-hydrogen) atoms. The zero-order valence-corrected chi connectivity index (χ0v) is 13.1. The van der Waals surface area contributed by atoms with Crippen LogP contribution in [0.4, 0.5) is 0 Å². The number of nitrogens with one attached hydrogen (secondary N) is 1. The second-order valence-electron chi connectivity index (χ2n) is 5.59. The SMILES string of the molecule is CC[CH]C(NCCC(C)c1ccccc1)c1ccccc1. The maximum atomic E-state index is 3.68. The van der Waals surface area contributed by atoms with Crippen molar-refractivity contribution >= 4 is 0 Å². The summed E-state index contributed by atoms with van der Waals surface area (Å²) in [6, 6.07) is 21.8. The highest BCUT2D eigenvalue weighted by Crippen LogP contribution is 2.20. The van der Waals surface area contributed by atoms with Gasteiger partial charge in [0.1, 0.15) is 0 Å². The highest BCUT2D eigenvalue weighted by atomic mass is 14.9. The largest absolute Gasteiger partial charge is 0.310 e. The Kier molecular flexibility index (Phi) is 6.49. The monoisotopic (exact) mass is 280 g/mol. The zero-order valence-electron chi connectivity index (χ0n) is 13.1. The molecule has 2 unspecified atom stereocenters. The van der Waals surface area contributed by atoms with Gasteiger partial charge in [0.05, 0.1) is 0 Å². The summed E-state index contributed by atoms with van der Waals surface area (Å²) in [5.74, 6) is 0.594. The Hall–Kier alpha value is -1.60. The van der Waals surface area contributed by atoms with E-state index in [0.29, 0.717) is 12.0 Å². The molecule has 0 fully saturated rings. The number of benzene rings is 2. The summed E-state index contributed by atoms with van der Waals surface area (Å²) >= 11 is 0. The van der Waals surface area contributed by atoms with Gasteiger partial charge in [0.2, 0.25) is 0 Å². The summed E-state index contributed by atoms with van der Waals surface area (Å²) in [6.07, 6.45) is 4.59. The molecule has 2 rings (SSSR count). The van der Waals surface area contributed by atoms with E-state index in [9.17, 15) is 0 Å². The van der Waals surface area contributed by atoms with Crippen molar-refractivity contribution in [3.8, 4) is 0 Å². The van der Waals surface area contributed by atoms with Gasteiger partial charge in [-0.2, -0.15) is 0 Å². The van der Waals surface area contributed by atoms with E-state index in [2.05, 4.69) is 86.2 Å². The van der Waals surface area contributed by atoms with Crippen LogP contribution in [0.3, 0.4) is 0 Å². The van der Waals surface area contributed by atoms with Crippen molar-refractivity contribution in [2.24, 2.45) is 0 Å². The molecule has 1 nitrogen and oxygen atoms in total. The first kappa shape index (κ1) is 15.8. The molecule has 1 heteroatoms. The van der Waals surface area contributed by atoms with Crippen LogP contribution in [0, 0.1) is 6.42 Å². The van der Waals surface area contributed by atoms with Crippen molar-refractivity contribution in [3.63, 3.8) is 0 Å². The molecular weight excluding hydrogens is 254 g/mol. The molecule has 111 valence electrons. The van der Waals surface area contributed by atoms with Gasteiger partial charge in [-0.1, -0.05) is 80.9 Å². The van der Waals surface area contributed by atoms with Crippen molar-refractivity contribution in [3.05, 3.63) is 78.2 Å². The summed E-state index contributed by atoms with van der Waals surface area (Å²) in [5.41, 5.74) is 2.78. The molecule has 0 saturated carbocycles. The van der Waals surface area contributed by atoms with Crippen LogP contribution in [-0.2, 0) is 0 Å². The second-order valence-corrected chi connectivity index (χ2v) is 5.59. The predicted molar refractivity (Wildman–Crippen MR) is 91.3 cm³/mol. The van der Waals surface area contributed by atoms with E-state index in [1.165, 1.54) is 11.1 Å². The molecule has 0 saturated heterocycles.